The van der Waals surface area contributed by atoms with E-state index in [0.717, 1.165) is 51.4 Å². The van der Waals surface area contributed by atoms with E-state index in [1.165, 1.54) is 18.9 Å². The molecule has 1 heterocycles. The molecule has 2 aliphatic rings. The number of carbonyl (C=O) groups is 2. The second-order valence-corrected chi connectivity index (χ2v) is 8.52. The molecule has 0 aromatic rings. The number of ketones is 1. The highest BCUT2D eigenvalue weighted by molar-refractivity contribution is 7.09. The number of carbonyl (C=O) groups excluding carboxylic acids is 1. The second kappa shape index (κ2) is 12.8. The quantitative estimate of drug-likeness (QED) is 0.246. The van der Waals surface area contributed by atoms with Crippen molar-refractivity contribution in [2.45, 2.75) is 89.4 Å². The van der Waals surface area contributed by atoms with E-state index in [-0.39, 0.29) is 23.7 Å². The first-order valence-electron chi connectivity index (χ1n) is 11.1. The average Bonchev–Trinajstić information content (AvgIpc) is 3.28. The van der Waals surface area contributed by atoms with Gasteiger partial charge in [0, 0.05) is 40.7 Å². The van der Waals surface area contributed by atoms with Crippen LogP contribution in [-0.4, -0.2) is 42.0 Å². The summed E-state index contributed by atoms with van der Waals surface area (Å²) in [4.78, 5) is 23.1. The van der Waals surface area contributed by atoms with E-state index >= 15 is 0 Å². The van der Waals surface area contributed by atoms with Crippen LogP contribution < -0.4 is 0 Å². The highest BCUT2D eigenvalue weighted by atomic mass is 31.0. The van der Waals surface area contributed by atoms with Crippen molar-refractivity contribution in [1.29, 1.82) is 0 Å². The minimum atomic E-state index is -0.916. The smallest absolute Gasteiger partial charge is 0.327 e. The van der Waals surface area contributed by atoms with Crippen molar-refractivity contribution in [2.24, 2.45) is 11.8 Å². The van der Waals surface area contributed by atoms with E-state index in [2.05, 4.69) is 16.4 Å². The van der Waals surface area contributed by atoms with E-state index in [9.17, 15) is 9.59 Å². The summed E-state index contributed by atoms with van der Waals surface area (Å²) in [6.45, 7) is 3.48. The predicted octanol–water partition coefficient (Wildman–Crippen LogP) is 4.67. The molecule has 6 nitrogen and oxygen atoms in total. The number of rotatable bonds is 14. The number of ether oxygens (including phenoxy) is 2. The van der Waals surface area contributed by atoms with Crippen LogP contribution >= 0.6 is 9.47 Å². The molecule has 1 saturated heterocycles. The summed E-state index contributed by atoms with van der Waals surface area (Å²) in [5, 5.41) is 8.64. The summed E-state index contributed by atoms with van der Waals surface area (Å²) in [6, 6.07) is 0. The van der Waals surface area contributed by atoms with Gasteiger partial charge in [0.1, 0.15) is 5.78 Å². The number of carboxylic acids is 1. The van der Waals surface area contributed by atoms with Gasteiger partial charge in [-0.25, -0.2) is 4.79 Å². The summed E-state index contributed by atoms with van der Waals surface area (Å²) in [6.07, 6.45) is 12.6. The largest absolute Gasteiger partial charge is 0.478 e. The molecule has 0 bridgehead atoms. The van der Waals surface area contributed by atoms with E-state index in [4.69, 9.17) is 19.1 Å². The second-order valence-electron chi connectivity index (χ2n) is 8.24. The molecular formula is C22H37O6P. The molecule has 4 atom stereocenters. The van der Waals surface area contributed by atoms with Gasteiger partial charge in [-0.05, 0) is 38.0 Å². The number of hydrogen-bond donors (Lipinski definition) is 1. The van der Waals surface area contributed by atoms with Crippen LogP contribution in [-0.2, 0) is 23.6 Å². The highest BCUT2D eigenvalue weighted by Crippen LogP contribution is 2.41. The summed E-state index contributed by atoms with van der Waals surface area (Å²) in [7, 11) is 2.33. The van der Waals surface area contributed by atoms with E-state index in [1.54, 1.807) is 6.08 Å². The molecule has 2 fully saturated rings. The third-order valence-electron chi connectivity index (χ3n) is 6.21. The Morgan fingerprint density at radius 3 is 2.62 bits per heavy atom. The monoisotopic (exact) mass is 428 g/mol. The van der Waals surface area contributed by atoms with Crippen molar-refractivity contribution in [3.63, 3.8) is 0 Å². The lowest BCUT2D eigenvalue weighted by Crippen LogP contribution is -2.33. The zero-order valence-electron chi connectivity index (χ0n) is 17.6. The zero-order chi connectivity index (χ0) is 21.1. The molecule has 166 valence electrons. The fraction of sp³-hybridized carbons (Fsp3) is 0.818. The van der Waals surface area contributed by atoms with E-state index in [0.29, 0.717) is 19.6 Å². The van der Waals surface area contributed by atoms with Crippen molar-refractivity contribution in [1.82, 2.24) is 0 Å². The Kier molecular flexibility index (Phi) is 10.8. The molecule has 0 amide bonds. The van der Waals surface area contributed by atoms with Crippen molar-refractivity contribution in [2.75, 3.05) is 13.2 Å². The van der Waals surface area contributed by atoms with Crippen LogP contribution in [0.15, 0.2) is 12.2 Å². The standard InChI is InChI=1S/C22H37O6P/c1-2-3-8-12-22(26-14-15-27-22)13-11-18-17(19(23)16-20(18)28-29)9-6-4-5-7-10-21(24)25/h7,10,17-18,20H,2-6,8-9,11-16,29H2,1H3,(H,24,25)/b10-7+. The maximum absolute atomic E-state index is 12.6. The summed E-state index contributed by atoms with van der Waals surface area (Å²) >= 11 is 0. The molecule has 4 unspecified atom stereocenters. The third-order valence-corrected chi connectivity index (χ3v) is 6.56. The topological polar surface area (TPSA) is 82.1 Å². The van der Waals surface area contributed by atoms with E-state index in [1.807, 2.05) is 0 Å². The number of allylic oxidation sites excluding steroid dienone is 1. The average molecular weight is 429 g/mol. The summed E-state index contributed by atoms with van der Waals surface area (Å²) in [5.41, 5.74) is 0. The molecule has 1 aliphatic carbocycles. The fourth-order valence-electron chi connectivity index (χ4n) is 4.66. The Labute approximate surface area is 177 Å². The van der Waals surface area contributed by atoms with Crippen LogP contribution in [0.4, 0.5) is 0 Å². The van der Waals surface area contributed by atoms with Gasteiger partial charge in [-0.3, -0.25) is 4.79 Å². The van der Waals surface area contributed by atoms with Crippen molar-refractivity contribution >= 4 is 21.2 Å². The lowest BCUT2D eigenvalue weighted by Gasteiger charge is -2.31. The van der Waals surface area contributed by atoms with Gasteiger partial charge in [0.25, 0.3) is 0 Å². The maximum Gasteiger partial charge on any atom is 0.327 e. The van der Waals surface area contributed by atoms with Gasteiger partial charge >= 0.3 is 5.97 Å². The van der Waals surface area contributed by atoms with Crippen LogP contribution in [0.1, 0.15) is 77.6 Å². The molecule has 0 radical (unpaired) electrons. The number of carboxylic acid groups (broad SMARTS) is 1. The first-order valence-corrected chi connectivity index (χ1v) is 11.5. The molecule has 29 heavy (non-hydrogen) atoms. The normalized spacial score (nSPS) is 26.6. The Bertz CT molecular complexity index is 543. The Hall–Kier alpha value is -0.810. The van der Waals surface area contributed by atoms with Crippen molar-refractivity contribution in [3.05, 3.63) is 12.2 Å². The SMILES string of the molecule is CCCCCC1(CCC2C(OP)CC(=O)C2CCCC/C=C/C(=O)O)OCCO1. The van der Waals surface area contributed by atoms with Crippen LogP contribution in [0.3, 0.4) is 0 Å². The lowest BCUT2D eigenvalue weighted by atomic mass is 9.84. The third kappa shape index (κ3) is 7.75. The van der Waals surface area contributed by atoms with Crippen molar-refractivity contribution in [3.8, 4) is 0 Å². The minimum absolute atomic E-state index is 0.0121. The Morgan fingerprint density at radius 2 is 1.97 bits per heavy atom. The molecule has 1 aliphatic heterocycles. The van der Waals surface area contributed by atoms with Crippen LogP contribution in [0.25, 0.3) is 0 Å². The Morgan fingerprint density at radius 1 is 1.21 bits per heavy atom. The molecule has 7 heteroatoms. The van der Waals surface area contributed by atoms with Gasteiger partial charge in [0.2, 0.25) is 0 Å². The molecule has 1 saturated carbocycles. The van der Waals surface area contributed by atoms with Crippen LogP contribution in [0.5, 0.6) is 0 Å². The predicted molar refractivity (Wildman–Crippen MR) is 114 cm³/mol. The number of Topliss-reactive ketones (excluding diaryl/α,β-unsaturated/α-hetero) is 1. The summed E-state index contributed by atoms with van der Waals surface area (Å²) < 4.78 is 17.6. The van der Waals surface area contributed by atoms with Gasteiger partial charge in [-0.2, -0.15) is 0 Å². The van der Waals surface area contributed by atoms with Gasteiger partial charge in [-0.15, -0.1) is 0 Å². The molecular weight excluding hydrogens is 391 g/mol. The van der Waals surface area contributed by atoms with Gasteiger partial charge in [-0.1, -0.05) is 32.3 Å². The zero-order valence-corrected chi connectivity index (χ0v) is 18.8. The fourth-order valence-corrected chi connectivity index (χ4v) is 4.96. The molecule has 0 aromatic heterocycles. The van der Waals surface area contributed by atoms with Crippen molar-refractivity contribution < 1.29 is 28.7 Å². The summed E-state index contributed by atoms with van der Waals surface area (Å²) in [5.74, 6) is -0.917. The van der Waals surface area contributed by atoms with Gasteiger partial charge in [0.05, 0.1) is 19.3 Å². The molecule has 0 spiro atoms. The number of aliphatic carboxylic acids is 1. The molecule has 2 rings (SSSR count). The molecule has 0 aromatic carbocycles. The lowest BCUT2D eigenvalue weighted by molar-refractivity contribution is -0.171. The number of hydrogen-bond acceptors (Lipinski definition) is 5. The minimum Gasteiger partial charge on any atom is -0.478 e. The van der Waals surface area contributed by atoms with Crippen LogP contribution in [0.2, 0.25) is 0 Å². The van der Waals surface area contributed by atoms with Gasteiger partial charge < -0.3 is 19.1 Å². The first-order chi connectivity index (χ1) is 14.0. The maximum atomic E-state index is 12.6. The van der Waals surface area contributed by atoms with E-state index < -0.39 is 11.8 Å². The first kappa shape index (κ1) is 24.5. The molecule has 1 N–H and O–H groups in total. The highest BCUT2D eigenvalue weighted by Gasteiger charge is 2.44. The number of unbranched alkanes of at least 4 members (excludes halogenated alkanes) is 4. The van der Waals surface area contributed by atoms with Gasteiger partial charge in [0.15, 0.2) is 5.79 Å². The van der Waals surface area contributed by atoms with Crippen LogP contribution in [0, 0.1) is 11.8 Å². The Balaban J connectivity index is 1.88.